The number of carbonyl (C=O) groups is 2. The molecule has 1 fully saturated rings. The Morgan fingerprint density at radius 2 is 1.68 bits per heavy atom. The molecule has 0 aliphatic carbocycles. The zero-order valence-corrected chi connectivity index (χ0v) is 18.8. The largest absolute Gasteiger partial charge is 0.450 e. The maximum absolute atomic E-state index is 13.4. The van der Waals surface area contributed by atoms with Crippen molar-refractivity contribution in [1.29, 1.82) is 0 Å². The van der Waals surface area contributed by atoms with Crippen LogP contribution in [0.15, 0.2) is 77.7 Å². The number of benzene rings is 3. The van der Waals surface area contributed by atoms with E-state index in [0.29, 0.717) is 37.1 Å². The number of hydrogen-bond donors (Lipinski definition) is 1. The summed E-state index contributed by atoms with van der Waals surface area (Å²) in [6.07, 6.45) is 1.01. The summed E-state index contributed by atoms with van der Waals surface area (Å²) >= 11 is 0. The third-order valence-electron chi connectivity index (χ3n) is 6.27. The third kappa shape index (κ3) is 3.92. The summed E-state index contributed by atoms with van der Waals surface area (Å²) in [6.45, 7) is 0.850. The Morgan fingerprint density at radius 3 is 2.38 bits per heavy atom. The predicted molar refractivity (Wildman–Crippen MR) is 122 cm³/mol. The maximum atomic E-state index is 13.4. The first-order valence-corrected chi connectivity index (χ1v) is 12.3. The minimum absolute atomic E-state index is 0.188. The van der Waals surface area contributed by atoms with Gasteiger partial charge in [-0.15, -0.1) is 0 Å². The summed E-state index contributed by atoms with van der Waals surface area (Å²) in [4.78, 5) is 26.8. The monoisotopic (exact) mass is 480 g/mol. The number of ether oxygens (including phenoxy) is 1. The molecule has 9 heteroatoms. The molecule has 3 aromatic rings. The van der Waals surface area contributed by atoms with Crippen molar-refractivity contribution in [1.82, 2.24) is 4.90 Å². The highest BCUT2D eigenvalue weighted by molar-refractivity contribution is 7.92. The van der Waals surface area contributed by atoms with E-state index in [1.54, 1.807) is 29.2 Å². The van der Waals surface area contributed by atoms with Crippen LogP contribution >= 0.6 is 0 Å². The van der Waals surface area contributed by atoms with E-state index >= 15 is 0 Å². The van der Waals surface area contributed by atoms with Crippen LogP contribution in [0.1, 0.15) is 39.1 Å². The van der Waals surface area contributed by atoms with Crippen LogP contribution in [0, 0.1) is 5.82 Å². The van der Waals surface area contributed by atoms with Crippen LogP contribution in [-0.2, 0) is 20.4 Å². The summed E-state index contributed by atoms with van der Waals surface area (Å²) in [7, 11) is -3.96. The maximum Gasteiger partial charge on any atom is 0.339 e. The highest BCUT2D eigenvalue weighted by atomic mass is 32.2. The van der Waals surface area contributed by atoms with Gasteiger partial charge in [0.05, 0.1) is 10.5 Å². The average Bonchev–Trinajstić information content (AvgIpc) is 3.11. The Morgan fingerprint density at radius 1 is 0.971 bits per heavy atom. The fourth-order valence-corrected chi connectivity index (χ4v) is 5.59. The van der Waals surface area contributed by atoms with Crippen molar-refractivity contribution in [3.63, 3.8) is 0 Å². The van der Waals surface area contributed by atoms with Gasteiger partial charge in [0, 0.05) is 42.7 Å². The molecular formula is C25H21FN2O5S. The SMILES string of the molecule is O=C1OC2(CCN(C(=O)c3ccc(NS(=O)(=O)c4cccc(F)c4)cc3)CC2)c2ccccc21. The number of nitrogens with zero attached hydrogens (tertiary/aromatic N) is 1. The molecule has 1 spiro atoms. The summed E-state index contributed by atoms with van der Waals surface area (Å²) < 4.78 is 46.4. The van der Waals surface area contributed by atoms with Gasteiger partial charge in [0.1, 0.15) is 11.4 Å². The summed E-state index contributed by atoms with van der Waals surface area (Å²) in [5.41, 5.74) is 1.44. The summed E-state index contributed by atoms with van der Waals surface area (Å²) in [5, 5.41) is 0. The molecule has 34 heavy (non-hydrogen) atoms. The predicted octanol–water partition coefficient (Wildman–Crippen LogP) is 3.93. The van der Waals surface area contributed by atoms with Gasteiger partial charge in [-0.25, -0.2) is 17.6 Å². The lowest BCUT2D eigenvalue weighted by Gasteiger charge is -2.38. The number of rotatable bonds is 4. The smallest absolute Gasteiger partial charge is 0.339 e. The Bertz CT molecular complexity index is 1380. The molecule has 2 aliphatic rings. The van der Waals surface area contributed by atoms with E-state index in [1.165, 1.54) is 24.3 Å². The first-order chi connectivity index (χ1) is 16.3. The van der Waals surface area contributed by atoms with E-state index in [9.17, 15) is 22.4 Å². The molecule has 2 heterocycles. The van der Waals surface area contributed by atoms with Crippen molar-refractivity contribution >= 4 is 27.6 Å². The van der Waals surface area contributed by atoms with E-state index in [2.05, 4.69) is 4.72 Å². The fraction of sp³-hybridized carbons (Fsp3) is 0.200. The van der Waals surface area contributed by atoms with Crippen molar-refractivity contribution in [3.8, 4) is 0 Å². The van der Waals surface area contributed by atoms with Crippen molar-refractivity contribution in [3.05, 3.63) is 95.3 Å². The lowest BCUT2D eigenvalue weighted by atomic mass is 9.83. The van der Waals surface area contributed by atoms with E-state index in [0.717, 1.165) is 17.7 Å². The van der Waals surface area contributed by atoms with Crippen molar-refractivity contribution in [2.45, 2.75) is 23.3 Å². The second-order valence-corrected chi connectivity index (χ2v) is 10.0. The number of likely N-dealkylation sites (tertiary alicyclic amines) is 1. The minimum Gasteiger partial charge on any atom is -0.450 e. The number of carbonyl (C=O) groups excluding carboxylic acids is 2. The van der Waals surface area contributed by atoms with Crippen molar-refractivity contribution in [2.75, 3.05) is 17.8 Å². The van der Waals surface area contributed by atoms with Gasteiger partial charge in [0.15, 0.2) is 0 Å². The molecular weight excluding hydrogens is 459 g/mol. The zero-order chi connectivity index (χ0) is 23.9. The molecule has 1 N–H and O–H groups in total. The number of halogens is 1. The first-order valence-electron chi connectivity index (χ1n) is 10.8. The van der Waals surface area contributed by atoms with Crippen LogP contribution in [0.25, 0.3) is 0 Å². The quantitative estimate of drug-likeness (QED) is 0.572. The molecule has 1 amide bonds. The number of sulfonamides is 1. The number of anilines is 1. The highest BCUT2D eigenvalue weighted by Gasteiger charge is 2.47. The lowest BCUT2D eigenvalue weighted by Crippen LogP contribution is -2.45. The molecule has 0 bridgehead atoms. The molecule has 3 aromatic carbocycles. The van der Waals surface area contributed by atoms with Crippen molar-refractivity contribution in [2.24, 2.45) is 0 Å². The van der Waals surface area contributed by atoms with E-state index < -0.39 is 21.4 Å². The molecule has 0 aromatic heterocycles. The number of hydrogen-bond acceptors (Lipinski definition) is 5. The Kier molecular flexibility index (Phi) is 5.36. The average molecular weight is 481 g/mol. The van der Waals surface area contributed by atoms with Gasteiger partial charge in [-0.3, -0.25) is 9.52 Å². The van der Waals surface area contributed by atoms with Gasteiger partial charge in [0.2, 0.25) is 0 Å². The van der Waals surface area contributed by atoms with Crippen LogP contribution in [0.2, 0.25) is 0 Å². The second-order valence-electron chi connectivity index (χ2n) is 8.36. The van der Waals surface area contributed by atoms with Crippen LogP contribution in [0.4, 0.5) is 10.1 Å². The molecule has 5 rings (SSSR count). The number of nitrogens with one attached hydrogen (secondary N) is 1. The van der Waals surface area contributed by atoms with Gasteiger partial charge in [0.25, 0.3) is 15.9 Å². The second kappa shape index (κ2) is 8.25. The van der Waals surface area contributed by atoms with Crippen LogP contribution < -0.4 is 4.72 Å². The van der Waals surface area contributed by atoms with Crippen LogP contribution in [0.3, 0.4) is 0 Å². The van der Waals surface area contributed by atoms with Crippen LogP contribution in [0.5, 0.6) is 0 Å². The highest BCUT2D eigenvalue weighted by Crippen LogP contribution is 2.44. The van der Waals surface area contributed by atoms with E-state index in [1.807, 2.05) is 12.1 Å². The Balaban J connectivity index is 1.26. The Hall–Kier alpha value is -3.72. The number of fused-ring (bicyclic) bond motifs is 2. The minimum atomic E-state index is -3.96. The zero-order valence-electron chi connectivity index (χ0n) is 18.0. The Labute approximate surface area is 196 Å². The van der Waals surface area contributed by atoms with Gasteiger partial charge in [-0.05, 0) is 48.5 Å². The van der Waals surface area contributed by atoms with Gasteiger partial charge >= 0.3 is 5.97 Å². The van der Waals surface area contributed by atoms with Crippen molar-refractivity contribution < 1.29 is 27.1 Å². The fourth-order valence-electron chi connectivity index (χ4n) is 4.50. The summed E-state index contributed by atoms with van der Waals surface area (Å²) in [6, 6.07) is 18.1. The molecule has 174 valence electrons. The number of piperidine rings is 1. The van der Waals surface area contributed by atoms with Crippen LogP contribution in [-0.4, -0.2) is 38.3 Å². The number of amides is 1. The van der Waals surface area contributed by atoms with Gasteiger partial charge < -0.3 is 9.64 Å². The molecule has 2 aliphatic heterocycles. The molecule has 0 unspecified atom stereocenters. The lowest BCUT2D eigenvalue weighted by molar-refractivity contribution is -0.0389. The van der Waals surface area contributed by atoms with Gasteiger partial charge in [-0.1, -0.05) is 24.3 Å². The first kappa shape index (κ1) is 22.1. The topological polar surface area (TPSA) is 92.8 Å². The van der Waals surface area contributed by atoms with E-state index in [-0.39, 0.29) is 22.5 Å². The molecule has 0 atom stereocenters. The number of esters is 1. The molecule has 7 nitrogen and oxygen atoms in total. The standard InChI is InChI=1S/C25H21FN2O5S/c26-18-4-3-5-20(16-18)34(31,32)27-19-10-8-17(9-11-19)23(29)28-14-12-25(13-15-28)22-7-2-1-6-21(22)24(30)33-25/h1-11,16,27H,12-15H2. The van der Waals surface area contributed by atoms with E-state index in [4.69, 9.17) is 4.74 Å². The third-order valence-corrected chi connectivity index (χ3v) is 7.65. The van der Waals surface area contributed by atoms with Gasteiger partial charge in [-0.2, -0.15) is 0 Å². The molecule has 1 saturated heterocycles. The molecule has 0 radical (unpaired) electrons. The molecule has 0 saturated carbocycles. The summed E-state index contributed by atoms with van der Waals surface area (Å²) in [5.74, 6) is -1.17. The normalized spacial score (nSPS) is 16.7.